The first-order valence-corrected chi connectivity index (χ1v) is 7.79. The highest BCUT2D eigenvalue weighted by Crippen LogP contribution is 2.38. The SMILES string of the molecule is CC1CCC(NC2CSc3ccccc32)CC1. The summed E-state index contributed by atoms with van der Waals surface area (Å²) >= 11 is 2.00. The Hall–Kier alpha value is -0.470. The Morgan fingerprint density at radius 1 is 1.12 bits per heavy atom. The number of fused-ring (bicyclic) bond motifs is 1. The third-order valence-corrected chi connectivity index (χ3v) is 5.34. The summed E-state index contributed by atoms with van der Waals surface area (Å²) in [5, 5.41) is 3.87. The second kappa shape index (κ2) is 5.03. The van der Waals surface area contributed by atoms with Gasteiger partial charge in [0.1, 0.15) is 0 Å². The molecule has 1 unspecified atom stereocenters. The van der Waals surface area contributed by atoms with E-state index in [1.54, 1.807) is 0 Å². The number of hydrogen-bond acceptors (Lipinski definition) is 2. The predicted molar refractivity (Wildman–Crippen MR) is 74.5 cm³/mol. The normalized spacial score (nSPS) is 32.4. The van der Waals surface area contributed by atoms with Crippen molar-refractivity contribution in [3.8, 4) is 0 Å². The fourth-order valence-corrected chi connectivity index (χ4v) is 4.19. The van der Waals surface area contributed by atoms with E-state index in [4.69, 9.17) is 0 Å². The van der Waals surface area contributed by atoms with Gasteiger partial charge in [0.25, 0.3) is 0 Å². The fourth-order valence-electron chi connectivity index (χ4n) is 3.01. The maximum Gasteiger partial charge on any atom is 0.0428 e. The summed E-state index contributed by atoms with van der Waals surface area (Å²) in [7, 11) is 0. The molecule has 0 bridgehead atoms. The van der Waals surface area contributed by atoms with E-state index in [0.717, 1.165) is 12.0 Å². The minimum Gasteiger partial charge on any atom is -0.306 e. The van der Waals surface area contributed by atoms with Gasteiger partial charge in [-0.25, -0.2) is 0 Å². The van der Waals surface area contributed by atoms with E-state index in [9.17, 15) is 0 Å². The van der Waals surface area contributed by atoms with E-state index >= 15 is 0 Å². The molecule has 0 saturated heterocycles. The third-order valence-electron chi connectivity index (χ3n) is 4.15. The molecule has 1 saturated carbocycles. The first kappa shape index (κ1) is 11.6. The van der Waals surface area contributed by atoms with Crippen molar-refractivity contribution >= 4 is 11.8 Å². The van der Waals surface area contributed by atoms with Gasteiger partial charge in [0.15, 0.2) is 0 Å². The maximum atomic E-state index is 3.87. The summed E-state index contributed by atoms with van der Waals surface area (Å²) in [4.78, 5) is 1.48. The van der Waals surface area contributed by atoms with E-state index < -0.39 is 0 Å². The van der Waals surface area contributed by atoms with Crippen molar-refractivity contribution in [3.05, 3.63) is 29.8 Å². The van der Waals surface area contributed by atoms with E-state index in [1.165, 1.54) is 41.9 Å². The van der Waals surface area contributed by atoms with Gasteiger partial charge in [0.05, 0.1) is 0 Å². The Bertz CT molecular complexity index is 382. The molecule has 92 valence electrons. The molecular weight excluding hydrogens is 226 g/mol. The van der Waals surface area contributed by atoms with Crippen LogP contribution >= 0.6 is 11.8 Å². The van der Waals surface area contributed by atoms with Crippen LogP contribution in [0.4, 0.5) is 0 Å². The average Bonchev–Trinajstić information content (AvgIpc) is 2.76. The minimum absolute atomic E-state index is 0.592. The summed E-state index contributed by atoms with van der Waals surface area (Å²) in [5.74, 6) is 2.16. The van der Waals surface area contributed by atoms with E-state index in [1.807, 2.05) is 11.8 Å². The van der Waals surface area contributed by atoms with Crippen LogP contribution in [0.2, 0.25) is 0 Å². The molecule has 17 heavy (non-hydrogen) atoms. The van der Waals surface area contributed by atoms with Crippen LogP contribution in [0.25, 0.3) is 0 Å². The third kappa shape index (κ3) is 2.53. The summed E-state index contributed by atoms with van der Waals surface area (Å²) in [5.41, 5.74) is 1.52. The van der Waals surface area contributed by atoms with Gasteiger partial charge in [-0.1, -0.05) is 25.1 Å². The van der Waals surface area contributed by atoms with Crippen molar-refractivity contribution in [2.45, 2.75) is 49.6 Å². The monoisotopic (exact) mass is 247 g/mol. The molecule has 1 aliphatic heterocycles. The summed E-state index contributed by atoms with van der Waals surface area (Å²) in [6.07, 6.45) is 5.54. The highest BCUT2D eigenvalue weighted by Gasteiger charge is 2.26. The number of benzene rings is 1. The number of nitrogens with one attached hydrogen (secondary N) is 1. The Labute approximate surface area is 108 Å². The molecule has 1 aromatic carbocycles. The first-order valence-electron chi connectivity index (χ1n) is 6.80. The van der Waals surface area contributed by atoms with Crippen molar-refractivity contribution in [1.82, 2.24) is 5.32 Å². The van der Waals surface area contributed by atoms with Gasteiger partial charge in [0, 0.05) is 22.7 Å². The van der Waals surface area contributed by atoms with Crippen molar-refractivity contribution in [1.29, 1.82) is 0 Å². The Morgan fingerprint density at radius 2 is 1.88 bits per heavy atom. The molecule has 0 spiro atoms. The van der Waals surface area contributed by atoms with Crippen molar-refractivity contribution in [2.24, 2.45) is 5.92 Å². The highest BCUT2D eigenvalue weighted by atomic mass is 32.2. The van der Waals surface area contributed by atoms with E-state index in [0.29, 0.717) is 6.04 Å². The van der Waals surface area contributed by atoms with Crippen LogP contribution in [-0.2, 0) is 0 Å². The number of thioether (sulfide) groups is 1. The molecule has 1 aromatic rings. The molecule has 1 heterocycles. The molecule has 2 aliphatic rings. The molecule has 1 nitrogen and oxygen atoms in total. The van der Waals surface area contributed by atoms with Crippen LogP contribution in [0.3, 0.4) is 0 Å². The van der Waals surface area contributed by atoms with Crippen molar-refractivity contribution < 1.29 is 0 Å². The van der Waals surface area contributed by atoms with Gasteiger partial charge in [-0.2, -0.15) is 0 Å². The standard InChI is InChI=1S/C15H21NS/c1-11-6-8-12(9-7-11)16-14-10-17-15-5-3-2-4-13(14)15/h2-5,11-12,14,16H,6-10H2,1H3. The zero-order chi connectivity index (χ0) is 11.7. The number of hydrogen-bond donors (Lipinski definition) is 1. The molecule has 1 N–H and O–H groups in total. The van der Waals surface area contributed by atoms with Crippen LogP contribution in [0.5, 0.6) is 0 Å². The minimum atomic E-state index is 0.592. The molecule has 1 aliphatic carbocycles. The van der Waals surface area contributed by atoms with Gasteiger partial charge in [-0.3, -0.25) is 0 Å². The van der Waals surface area contributed by atoms with E-state index in [2.05, 4.69) is 36.5 Å². The molecule has 1 fully saturated rings. The lowest BCUT2D eigenvalue weighted by Crippen LogP contribution is -2.35. The molecular formula is C15H21NS. The Morgan fingerprint density at radius 3 is 2.71 bits per heavy atom. The van der Waals surface area contributed by atoms with Gasteiger partial charge in [-0.15, -0.1) is 11.8 Å². The lowest BCUT2D eigenvalue weighted by atomic mass is 9.87. The Kier molecular flexibility index (Phi) is 3.44. The van der Waals surface area contributed by atoms with Crippen LogP contribution in [0, 0.1) is 5.92 Å². The lowest BCUT2D eigenvalue weighted by molar-refractivity contribution is 0.293. The van der Waals surface area contributed by atoms with Gasteiger partial charge in [0.2, 0.25) is 0 Å². The Balaban J connectivity index is 1.64. The van der Waals surface area contributed by atoms with Crippen molar-refractivity contribution in [3.63, 3.8) is 0 Å². The second-order valence-corrected chi connectivity index (χ2v) is 6.59. The topological polar surface area (TPSA) is 12.0 Å². The fraction of sp³-hybridized carbons (Fsp3) is 0.600. The molecule has 1 atom stereocenters. The zero-order valence-corrected chi connectivity index (χ0v) is 11.3. The lowest BCUT2D eigenvalue weighted by Gasteiger charge is -2.29. The predicted octanol–water partition coefficient (Wildman–Crippen LogP) is 4.00. The van der Waals surface area contributed by atoms with Gasteiger partial charge >= 0.3 is 0 Å². The summed E-state index contributed by atoms with van der Waals surface area (Å²) in [6, 6.07) is 10.2. The van der Waals surface area contributed by atoms with Gasteiger partial charge in [-0.05, 0) is 43.2 Å². The average molecular weight is 247 g/mol. The molecule has 0 aromatic heterocycles. The van der Waals surface area contributed by atoms with Crippen LogP contribution < -0.4 is 5.32 Å². The molecule has 2 heteroatoms. The highest BCUT2D eigenvalue weighted by molar-refractivity contribution is 7.99. The second-order valence-electron chi connectivity index (χ2n) is 5.52. The number of rotatable bonds is 2. The van der Waals surface area contributed by atoms with Crippen LogP contribution in [0.15, 0.2) is 29.2 Å². The molecule has 0 amide bonds. The summed E-state index contributed by atoms with van der Waals surface area (Å²) in [6.45, 7) is 2.39. The van der Waals surface area contributed by atoms with Crippen LogP contribution in [0.1, 0.15) is 44.2 Å². The largest absolute Gasteiger partial charge is 0.306 e. The zero-order valence-electron chi connectivity index (χ0n) is 10.5. The first-order chi connectivity index (χ1) is 8.33. The van der Waals surface area contributed by atoms with Crippen LogP contribution in [-0.4, -0.2) is 11.8 Å². The van der Waals surface area contributed by atoms with E-state index in [-0.39, 0.29) is 0 Å². The quantitative estimate of drug-likeness (QED) is 0.847. The molecule has 0 radical (unpaired) electrons. The smallest absolute Gasteiger partial charge is 0.0428 e. The molecule has 3 rings (SSSR count). The van der Waals surface area contributed by atoms with Gasteiger partial charge < -0.3 is 5.32 Å². The maximum absolute atomic E-state index is 3.87. The van der Waals surface area contributed by atoms with Crippen molar-refractivity contribution in [2.75, 3.05) is 5.75 Å². The summed E-state index contributed by atoms with van der Waals surface area (Å²) < 4.78 is 0.